The maximum Gasteiger partial charge on any atom is 0.328 e. The molecule has 3 aromatic carbocycles. The lowest BCUT2D eigenvalue weighted by molar-refractivity contribution is -0.146. The van der Waals surface area contributed by atoms with E-state index in [1.807, 2.05) is 42.5 Å². The van der Waals surface area contributed by atoms with E-state index in [-0.39, 0.29) is 18.4 Å². The summed E-state index contributed by atoms with van der Waals surface area (Å²) < 4.78 is 5.44. The van der Waals surface area contributed by atoms with E-state index in [4.69, 9.17) is 4.74 Å². The molecule has 0 saturated carbocycles. The van der Waals surface area contributed by atoms with Crippen molar-refractivity contribution in [1.29, 1.82) is 0 Å². The first-order valence-electron chi connectivity index (χ1n) is 10.5. The number of hydrogen-bond donors (Lipinski definition) is 2. The molecule has 6 heteroatoms. The second-order valence-electron chi connectivity index (χ2n) is 7.42. The minimum Gasteiger partial charge on any atom is -0.462 e. The number of nitrogens with one attached hydrogen (secondary N) is 2. The van der Waals surface area contributed by atoms with Crippen LogP contribution in [0.4, 0.5) is 0 Å². The van der Waals surface area contributed by atoms with Crippen molar-refractivity contribution in [2.45, 2.75) is 25.4 Å². The first-order chi connectivity index (χ1) is 15.5. The molecule has 2 amide bonds. The fraction of sp³-hybridized carbons (Fsp3) is 0.192. The number of hydrogen-bond acceptors (Lipinski definition) is 4. The van der Waals surface area contributed by atoms with Crippen molar-refractivity contribution in [1.82, 2.24) is 10.6 Å². The van der Waals surface area contributed by atoms with Crippen LogP contribution in [0.5, 0.6) is 0 Å². The molecule has 0 saturated heterocycles. The van der Waals surface area contributed by atoms with Gasteiger partial charge in [-0.25, -0.2) is 4.79 Å². The van der Waals surface area contributed by atoms with Crippen molar-refractivity contribution >= 4 is 17.8 Å². The summed E-state index contributed by atoms with van der Waals surface area (Å²) in [5.41, 5.74) is 2.00. The molecule has 0 heterocycles. The number of amides is 2. The first-order valence-corrected chi connectivity index (χ1v) is 10.5. The van der Waals surface area contributed by atoms with E-state index in [0.717, 1.165) is 5.56 Å². The van der Waals surface area contributed by atoms with Crippen LogP contribution in [0.2, 0.25) is 0 Å². The highest BCUT2D eigenvalue weighted by molar-refractivity contribution is 5.96. The quantitative estimate of drug-likeness (QED) is 0.510. The minimum atomic E-state index is -0.829. The molecule has 3 aromatic rings. The van der Waals surface area contributed by atoms with Crippen LogP contribution in [0, 0.1) is 0 Å². The van der Waals surface area contributed by atoms with Crippen LogP contribution in [0.3, 0.4) is 0 Å². The van der Waals surface area contributed by atoms with E-state index in [2.05, 4.69) is 10.6 Å². The van der Waals surface area contributed by atoms with Crippen molar-refractivity contribution in [2.75, 3.05) is 6.61 Å². The number of esters is 1. The van der Waals surface area contributed by atoms with Gasteiger partial charge in [0.1, 0.15) is 12.6 Å². The minimum absolute atomic E-state index is 0.0160. The summed E-state index contributed by atoms with van der Waals surface area (Å²) in [5.74, 6) is -1.16. The Kier molecular flexibility index (Phi) is 8.15. The summed E-state index contributed by atoms with van der Waals surface area (Å²) >= 11 is 0. The zero-order valence-corrected chi connectivity index (χ0v) is 17.9. The maximum absolute atomic E-state index is 12.6. The van der Waals surface area contributed by atoms with Gasteiger partial charge >= 0.3 is 5.97 Å². The van der Waals surface area contributed by atoms with Gasteiger partial charge in [0.05, 0.1) is 6.04 Å². The SMILES string of the molecule is C[C@H](NC(=O)c1ccccc1)C(=O)OCC(Cc1ccccc1)NC(=O)c1ccccc1. The van der Waals surface area contributed by atoms with E-state index in [1.165, 1.54) is 0 Å². The molecule has 3 rings (SSSR count). The molecule has 0 bridgehead atoms. The molecule has 0 fully saturated rings. The largest absolute Gasteiger partial charge is 0.462 e. The first kappa shape index (κ1) is 22.7. The van der Waals surface area contributed by atoms with Crippen LogP contribution in [0.25, 0.3) is 0 Å². The highest BCUT2D eigenvalue weighted by Crippen LogP contribution is 2.07. The number of ether oxygens (including phenoxy) is 1. The van der Waals surface area contributed by atoms with Gasteiger partial charge in [0.25, 0.3) is 11.8 Å². The number of carbonyl (C=O) groups excluding carboxylic acids is 3. The summed E-state index contributed by atoms with van der Waals surface area (Å²) in [4.78, 5) is 37.4. The predicted octanol–water partition coefficient (Wildman–Crippen LogP) is 3.39. The molecule has 1 unspecified atom stereocenters. The lowest BCUT2D eigenvalue weighted by Crippen LogP contribution is -2.44. The van der Waals surface area contributed by atoms with E-state index in [9.17, 15) is 14.4 Å². The zero-order chi connectivity index (χ0) is 22.8. The molecule has 32 heavy (non-hydrogen) atoms. The van der Waals surface area contributed by atoms with Crippen LogP contribution in [-0.4, -0.2) is 36.5 Å². The molecule has 0 aromatic heterocycles. The molecular formula is C26H26N2O4. The Morgan fingerprint density at radius 2 is 1.19 bits per heavy atom. The van der Waals surface area contributed by atoms with Crippen LogP contribution in [0.15, 0.2) is 91.0 Å². The van der Waals surface area contributed by atoms with Gasteiger partial charge in [0, 0.05) is 11.1 Å². The summed E-state index contributed by atoms with van der Waals surface area (Å²) in [7, 11) is 0. The fourth-order valence-electron chi connectivity index (χ4n) is 3.14. The average molecular weight is 431 g/mol. The van der Waals surface area contributed by atoms with Crippen LogP contribution in [0.1, 0.15) is 33.2 Å². The molecule has 6 nitrogen and oxygen atoms in total. The van der Waals surface area contributed by atoms with Gasteiger partial charge in [0.15, 0.2) is 0 Å². The molecular weight excluding hydrogens is 404 g/mol. The van der Waals surface area contributed by atoms with Crippen molar-refractivity contribution in [3.8, 4) is 0 Å². The molecule has 0 spiro atoms. The van der Waals surface area contributed by atoms with Crippen LogP contribution < -0.4 is 10.6 Å². The lowest BCUT2D eigenvalue weighted by Gasteiger charge is -2.21. The van der Waals surface area contributed by atoms with Crippen molar-refractivity contribution in [3.05, 3.63) is 108 Å². The molecule has 164 valence electrons. The zero-order valence-electron chi connectivity index (χ0n) is 17.9. The van der Waals surface area contributed by atoms with Gasteiger partial charge in [-0.05, 0) is 43.2 Å². The van der Waals surface area contributed by atoms with Crippen molar-refractivity contribution in [2.24, 2.45) is 0 Å². The Hall–Kier alpha value is -3.93. The van der Waals surface area contributed by atoms with Gasteiger partial charge in [-0.15, -0.1) is 0 Å². The van der Waals surface area contributed by atoms with Gasteiger partial charge in [-0.1, -0.05) is 66.7 Å². The maximum atomic E-state index is 12.6. The smallest absolute Gasteiger partial charge is 0.328 e. The number of rotatable bonds is 9. The summed E-state index contributed by atoms with van der Waals surface area (Å²) in [6.07, 6.45) is 0.497. The summed E-state index contributed by atoms with van der Waals surface area (Å²) in [5, 5.41) is 5.57. The Labute approximate surface area is 187 Å². The highest BCUT2D eigenvalue weighted by atomic mass is 16.5. The van der Waals surface area contributed by atoms with Crippen LogP contribution in [-0.2, 0) is 16.0 Å². The topological polar surface area (TPSA) is 84.5 Å². The van der Waals surface area contributed by atoms with Gasteiger partial charge < -0.3 is 15.4 Å². The predicted molar refractivity (Wildman–Crippen MR) is 122 cm³/mol. The van der Waals surface area contributed by atoms with Gasteiger partial charge in [0.2, 0.25) is 0 Å². The highest BCUT2D eigenvalue weighted by Gasteiger charge is 2.21. The number of benzene rings is 3. The standard InChI is InChI=1S/C26H26N2O4/c1-19(27-24(29)21-13-7-3-8-14-21)26(31)32-18-23(17-20-11-5-2-6-12-20)28-25(30)22-15-9-4-10-16-22/h2-16,19,23H,17-18H2,1H3,(H,27,29)(H,28,30)/t19-,23?/m0/s1. The normalized spacial score (nSPS) is 12.3. The Balaban J connectivity index is 1.60. The van der Waals surface area contributed by atoms with Crippen molar-refractivity contribution in [3.63, 3.8) is 0 Å². The molecule has 0 aliphatic rings. The van der Waals surface area contributed by atoms with E-state index in [0.29, 0.717) is 17.5 Å². The summed E-state index contributed by atoms with van der Waals surface area (Å²) in [6, 6.07) is 25.9. The second-order valence-corrected chi connectivity index (χ2v) is 7.42. The van der Waals surface area contributed by atoms with Crippen LogP contribution >= 0.6 is 0 Å². The fourth-order valence-corrected chi connectivity index (χ4v) is 3.14. The Bertz CT molecular complexity index is 1020. The molecule has 2 atom stereocenters. The average Bonchev–Trinajstić information content (AvgIpc) is 2.84. The third-order valence-corrected chi connectivity index (χ3v) is 4.86. The molecule has 0 aliphatic heterocycles. The Morgan fingerprint density at radius 3 is 1.72 bits per heavy atom. The summed E-state index contributed by atoms with van der Waals surface area (Å²) in [6.45, 7) is 1.55. The lowest BCUT2D eigenvalue weighted by atomic mass is 10.1. The van der Waals surface area contributed by atoms with E-state index in [1.54, 1.807) is 55.5 Å². The molecule has 0 aliphatic carbocycles. The monoisotopic (exact) mass is 430 g/mol. The van der Waals surface area contributed by atoms with E-state index < -0.39 is 18.1 Å². The Morgan fingerprint density at radius 1 is 0.719 bits per heavy atom. The van der Waals surface area contributed by atoms with Gasteiger partial charge in [-0.2, -0.15) is 0 Å². The van der Waals surface area contributed by atoms with Gasteiger partial charge in [-0.3, -0.25) is 9.59 Å². The molecule has 2 N–H and O–H groups in total. The van der Waals surface area contributed by atoms with E-state index >= 15 is 0 Å². The third kappa shape index (κ3) is 6.80. The molecule has 0 radical (unpaired) electrons. The second kappa shape index (κ2) is 11.5. The third-order valence-electron chi connectivity index (χ3n) is 4.86. The van der Waals surface area contributed by atoms with Crippen molar-refractivity contribution < 1.29 is 19.1 Å². The number of carbonyl (C=O) groups is 3.